The van der Waals surface area contributed by atoms with Gasteiger partial charge in [0.2, 0.25) is 5.78 Å². The lowest BCUT2D eigenvalue weighted by Crippen LogP contribution is -2.09. The fraction of sp³-hybridized carbons (Fsp3) is 0.0909. The van der Waals surface area contributed by atoms with Gasteiger partial charge in [0.15, 0.2) is 0 Å². The summed E-state index contributed by atoms with van der Waals surface area (Å²) >= 11 is 6.40. The summed E-state index contributed by atoms with van der Waals surface area (Å²) in [6, 6.07) is 4.08. The number of rotatable bonds is 2. The van der Waals surface area contributed by atoms with E-state index in [0.29, 0.717) is 14.6 Å². The first-order valence-corrected chi connectivity index (χ1v) is 6.26. The van der Waals surface area contributed by atoms with Gasteiger partial charge in [0.1, 0.15) is 11.5 Å². The van der Waals surface area contributed by atoms with Crippen molar-refractivity contribution >= 4 is 37.6 Å². The highest BCUT2D eigenvalue weighted by atomic mass is 79.9. The first-order valence-electron chi connectivity index (χ1n) is 4.67. The summed E-state index contributed by atoms with van der Waals surface area (Å²) in [5, 5.41) is 3.95. The summed E-state index contributed by atoms with van der Waals surface area (Å²) in [6.07, 6.45) is 1.53. The minimum atomic E-state index is -0.457. The molecule has 3 nitrogen and oxygen atoms in total. The van der Waals surface area contributed by atoms with Crippen molar-refractivity contribution in [1.82, 2.24) is 9.78 Å². The Morgan fingerprint density at radius 2 is 2.06 bits per heavy atom. The van der Waals surface area contributed by atoms with E-state index in [9.17, 15) is 9.18 Å². The highest BCUT2D eigenvalue weighted by molar-refractivity contribution is 9.10. The van der Waals surface area contributed by atoms with Crippen molar-refractivity contribution in [2.24, 2.45) is 7.05 Å². The fourth-order valence-electron chi connectivity index (χ4n) is 1.49. The number of aromatic nitrogens is 2. The number of carbonyl (C=O) groups excluding carboxylic acids is 1. The van der Waals surface area contributed by atoms with Gasteiger partial charge in [0.05, 0.1) is 10.7 Å². The molecule has 2 aromatic rings. The lowest BCUT2D eigenvalue weighted by molar-refractivity contribution is 0.102. The van der Waals surface area contributed by atoms with Crippen LogP contribution in [0.15, 0.2) is 33.3 Å². The summed E-state index contributed by atoms with van der Waals surface area (Å²) < 4.78 is 15.8. The Hall–Kier alpha value is -1.01. The normalized spacial score (nSPS) is 10.6. The van der Waals surface area contributed by atoms with E-state index >= 15 is 0 Å². The molecule has 88 valence electrons. The second kappa shape index (κ2) is 4.70. The zero-order valence-corrected chi connectivity index (χ0v) is 11.9. The maximum atomic E-state index is 13.2. The zero-order valence-electron chi connectivity index (χ0n) is 8.75. The van der Waals surface area contributed by atoms with E-state index < -0.39 is 5.82 Å². The molecule has 0 N–H and O–H groups in total. The second-order valence-corrected chi connectivity index (χ2v) is 5.22. The van der Waals surface area contributed by atoms with E-state index in [1.54, 1.807) is 13.1 Å². The number of benzene rings is 1. The van der Waals surface area contributed by atoms with Crippen LogP contribution in [-0.2, 0) is 7.05 Å². The average molecular weight is 362 g/mol. The van der Waals surface area contributed by atoms with E-state index in [0.717, 1.165) is 0 Å². The van der Waals surface area contributed by atoms with Crippen molar-refractivity contribution in [3.05, 3.63) is 50.4 Å². The number of halogens is 3. The molecule has 17 heavy (non-hydrogen) atoms. The van der Waals surface area contributed by atoms with Crippen LogP contribution in [0.2, 0.25) is 0 Å². The van der Waals surface area contributed by atoms with Crippen LogP contribution in [0.5, 0.6) is 0 Å². The molecule has 1 aromatic carbocycles. The van der Waals surface area contributed by atoms with Gasteiger partial charge in [-0.1, -0.05) is 15.9 Å². The van der Waals surface area contributed by atoms with Gasteiger partial charge in [0.25, 0.3) is 0 Å². The van der Waals surface area contributed by atoms with Crippen molar-refractivity contribution in [2.45, 2.75) is 0 Å². The van der Waals surface area contributed by atoms with Crippen molar-refractivity contribution < 1.29 is 9.18 Å². The van der Waals surface area contributed by atoms with Crippen molar-refractivity contribution in [3.8, 4) is 0 Å². The van der Waals surface area contributed by atoms with Crippen LogP contribution in [0.4, 0.5) is 4.39 Å². The highest BCUT2D eigenvalue weighted by Crippen LogP contribution is 2.22. The van der Waals surface area contributed by atoms with Gasteiger partial charge in [-0.2, -0.15) is 5.10 Å². The Kier molecular flexibility index (Phi) is 3.44. The first kappa shape index (κ1) is 12.4. The lowest BCUT2D eigenvalue weighted by atomic mass is 10.1. The third kappa shape index (κ3) is 2.47. The van der Waals surface area contributed by atoms with Gasteiger partial charge in [-0.15, -0.1) is 0 Å². The molecule has 6 heteroatoms. The molecule has 1 heterocycles. The van der Waals surface area contributed by atoms with Crippen LogP contribution in [-0.4, -0.2) is 15.6 Å². The Labute approximate surface area is 114 Å². The van der Waals surface area contributed by atoms with E-state index in [1.807, 2.05) is 0 Å². The fourth-order valence-corrected chi connectivity index (χ4v) is 2.48. The Balaban J connectivity index is 2.51. The Morgan fingerprint density at radius 1 is 1.35 bits per heavy atom. The number of aryl methyl sites for hydroxylation is 1. The molecule has 0 unspecified atom stereocenters. The molecule has 0 aliphatic rings. The summed E-state index contributed by atoms with van der Waals surface area (Å²) in [5.41, 5.74) is 0.670. The van der Waals surface area contributed by atoms with Gasteiger partial charge in [-0.25, -0.2) is 4.39 Å². The molecule has 0 fully saturated rings. The maximum Gasteiger partial charge on any atom is 0.212 e. The van der Waals surface area contributed by atoms with E-state index in [2.05, 4.69) is 37.0 Å². The standard InChI is InChI=1S/C11H7Br2FN2O/c1-16-10(9(13)5-15-16)11(17)6-2-7(12)4-8(14)3-6/h2-5H,1H3. The van der Waals surface area contributed by atoms with E-state index in [1.165, 1.54) is 23.0 Å². The number of ketones is 1. The molecule has 0 spiro atoms. The monoisotopic (exact) mass is 360 g/mol. The van der Waals surface area contributed by atoms with Crippen LogP contribution in [0, 0.1) is 5.82 Å². The topological polar surface area (TPSA) is 34.9 Å². The SMILES string of the molecule is Cn1ncc(Br)c1C(=O)c1cc(F)cc(Br)c1. The average Bonchev–Trinajstić information content (AvgIpc) is 2.56. The van der Waals surface area contributed by atoms with Gasteiger partial charge < -0.3 is 0 Å². The molecule has 0 bridgehead atoms. The largest absolute Gasteiger partial charge is 0.287 e. The minimum Gasteiger partial charge on any atom is -0.287 e. The third-order valence-electron chi connectivity index (χ3n) is 2.23. The summed E-state index contributed by atoms with van der Waals surface area (Å²) in [4.78, 5) is 12.2. The van der Waals surface area contributed by atoms with Gasteiger partial charge in [0, 0.05) is 17.1 Å². The smallest absolute Gasteiger partial charge is 0.212 e. The van der Waals surface area contributed by atoms with Crippen LogP contribution >= 0.6 is 31.9 Å². The Morgan fingerprint density at radius 3 is 2.59 bits per heavy atom. The summed E-state index contributed by atoms with van der Waals surface area (Å²) in [5.74, 6) is -0.738. The molecule has 0 atom stereocenters. The molecular weight excluding hydrogens is 355 g/mol. The number of carbonyl (C=O) groups is 1. The highest BCUT2D eigenvalue weighted by Gasteiger charge is 2.18. The lowest BCUT2D eigenvalue weighted by Gasteiger charge is -2.03. The van der Waals surface area contributed by atoms with Crippen molar-refractivity contribution in [1.29, 1.82) is 0 Å². The minimum absolute atomic E-state index is 0.279. The number of nitrogens with zero attached hydrogens (tertiary/aromatic N) is 2. The summed E-state index contributed by atoms with van der Waals surface area (Å²) in [7, 11) is 1.66. The molecule has 0 amide bonds. The molecule has 2 rings (SSSR count). The van der Waals surface area contributed by atoms with Crippen LogP contribution in [0.25, 0.3) is 0 Å². The number of hydrogen-bond acceptors (Lipinski definition) is 2. The third-order valence-corrected chi connectivity index (χ3v) is 3.27. The molecule has 0 saturated heterocycles. The predicted molar refractivity (Wildman–Crippen MR) is 68.4 cm³/mol. The summed E-state index contributed by atoms with van der Waals surface area (Å²) in [6.45, 7) is 0. The van der Waals surface area contributed by atoms with Crippen molar-refractivity contribution in [3.63, 3.8) is 0 Å². The first-order chi connectivity index (χ1) is 7.99. The second-order valence-electron chi connectivity index (χ2n) is 3.45. The molecule has 0 aliphatic heterocycles. The van der Waals surface area contributed by atoms with Crippen LogP contribution in [0.3, 0.4) is 0 Å². The van der Waals surface area contributed by atoms with Gasteiger partial charge >= 0.3 is 0 Å². The predicted octanol–water partition coefficient (Wildman–Crippen LogP) is 3.32. The van der Waals surface area contributed by atoms with Crippen LogP contribution in [0.1, 0.15) is 16.1 Å². The molecule has 0 aliphatic carbocycles. The Bertz CT molecular complexity index is 555. The van der Waals surface area contributed by atoms with Gasteiger partial charge in [-0.3, -0.25) is 9.48 Å². The molecule has 1 aromatic heterocycles. The van der Waals surface area contributed by atoms with Gasteiger partial charge in [-0.05, 0) is 34.1 Å². The molecule has 0 radical (unpaired) electrons. The molecular formula is C11H7Br2FN2O. The van der Waals surface area contributed by atoms with E-state index in [-0.39, 0.29) is 11.3 Å². The zero-order chi connectivity index (χ0) is 12.6. The molecule has 0 saturated carbocycles. The quantitative estimate of drug-likeness (QED) is 0.769. The van der Waals surface area contributed by atoms with Crippen LogP contribution < -0.4 is 0 Å². The number of hydrogen-bond donors (Lipinski definition) is 0. The van der Waals surface area contributed by atoms with Crippen molar-refractivity contribution in [2.75, 3.05) is 0 Å². The van der Waals surface area contributed by atoms with E-state index in [4.69, 9.17) is 0 Å². The maximum absolute atomic E-state index is 13.2.